The van der Waals surface area contributed by atoms with Crippen LogP contribution in [0.4, 0.5) is 5.69 Å². The standard InChI is InChI=1S/C17H19N3O2S/c1-12(2)20-17-9-6-15(10-14(17)11-18-20)19-23(21,22)16-7-4-13(3)5-8-16/h4-12,19H,1-3H3. The number of hydrogen-bond acceptors (Lipinski definition) is 3. The zero-order chi connectivity index (χ0) is 16.6. The molecule has 0 radical (unpaired) electrons. The minimum Gasteiger partial charge on any atom is -0.280 e. The van der Waals surface area contributed by atoms with E-state index >= 15 is 0 Å². The Balaban J connectivity index is 1.93. The largest absolute Gasteiger partial charge is 0.280 e. The number of rotatable bonds is 4. The molecule has 23 heavy (non-hydrogen) atoms. The third-order valence-corrected chi connectivity index (χ3v) is 5.07. The Labute approximate surface area is 136 Å². The Morgan fingerprint density at radius 1 is 1.09 bits per heavy atom. The lowest BCUT2D eigenvalue weighted by Crippen LogP contribution is -2.12. The molecule has 0 aliphatic carbocycles. The summed E-state index contributed by atoms with van der Waals surface area (Å²) in [5.74, 6) is 0. The smallest absolute Gasteiger partial charge is 0.261 e. The van der Waals surface area contributed by atoms with Crippen LogP contribution in [0.25, 0.3) is 10.9 Å². The van der Waals surface area contributed by atoms with Crippen LogP contribution in [0.1, 0.15) is 25.5 Å². The lowest BCUT2D eigenvalue weighted by molar-refractivity contribution is 0.551. The maximum Gasteiger partial charge on any atom is 0.261 e. The van der Waals surface area contributed by atoms with Crippen LogP contribution >= 0.6 is 0 Å². The normalized spacial score (nSPS) is 12.0. The quantitative estimate of drug-likeness (QED) is 0.793. The van der Waals surface area contributed by atoms with Crippen molar-refractivity contribution in [2.24, 2.45) is 0 Å². The van der Waals surface area contributed by atoms with E-state index in [2.05, 4.69) is 23.7 Å². The zero-order valence-corrected chi connectivity index (χ0v) is 14.1. The fraction of sp³-hybridized carbons (Fsp3) is 0.235. The van der Waals surface area contributed by atoms with Gasteiger partial charge in [0.1, 0.15) is 0 Å². The zero-order valence-electron chi connectivity index (χ0n) is 13.3. The topological polar surface area (TPSA) is 64.0 Å². The highest BCUT2D eigenvalue weighted by Gasteiger charge is 2.14. The van der Waals surface area contributed by atoms with Gasteiger partial charge in [-0.2, -0.15) is 5.10 Å². The molecule has 2 aromatic carbocycles. The van der Waals surface area contributed by atoms with Gasteiger partial charge in [-0.1, -0.05) is 17.7 Å². The van der Waals surface area contributed by atoms with Crippen LogP contribution in [-0.4, -0.2) is 18.2 Å². The molecule has 0 spiro atoms. The van der Waals surface area contributed by atoms with Crippen molar-refractivity contribution in [1.82, 2.24) is 9.78 Å². The molecule has 1 aromatic heterocycles. The molecular weight excluding hydrogens is 310 g/mol. The van der Waals surface area contributed by atoms with E-state index in [0.29, 0.717) is 5.69 Å². The Bertz CT molecular complexity index is 942. The van der Waals surface area contributed by atoms with Crippen LogP contribution in [-0.2, 0) is 10.0 Å². The van der Waals surface area contributed by atoms with Crippen LogP contribution in [0.3, 0.4) is 0 Å². The van der Waals surface area contributed by atoms with Crippen LogP contribution in [0, 0.1) is 6.92 Å². The van der Waals surface area contributed by atoms with Crippen molar-refractivity contribution >= 4 is 26.6 Å². The molecule has 0 bridgehead atoms. The van der Waals surface area contributed by atoms with Gasteiger partial charge in [-0.3, -0.25) is 9.40 Å². The number of sulfonamides is 1. The van der Waals surface area contributed by atoms with E-state index in [4.69, 9.17) is 0 Å². The Morgan fingerprint density at radius 3 is 2.43 bits per heavy atom. The first-order chi connectivity index (χ1) is 10.9. The number of nitrogens with zero attached hydrogens (tertiary/aromatic N) is 2. The maximum absolute atomic E-state index is 12.4. The van der Waals surface area contributed by atoms with Crippen LogP contribution < -0.4 is 4.72 Å². The van der Waals surface area contributed by atoms with E-state index < -0.39 is 10.0 Å². The monoisotopic (exact) mass is 329 g/mol. The summed E-state index contributed by atoms with van der Waals surface area (Å²) in [7, 11) is -3.59. The van der Waals surface area contributed by atoms with E-state index in [1.54, 1.807) is 42.6 Å². The predicted octanol–water partition coefficient (Wildman–Crippen LogP) is 3.73. The number of anilines is 1. The second-order valence-electron chi connectivity index (χ2n) is 5.88. The minimum absolute atomic E-state index is 0.251. The molecule has 5 nitrogen and oxygen atoms in total. The third kappa shape index (κ3) is 3.07. The van der Waals surface area contributed by atoms with Gasteiger partial charge in [0.15, 0.2) is 0 Å². The van der Waals surface area contributed by atoms with Crippen molar-refractivity contribution in [2.75, 3.05) is 4.72 Å². The van der Waals surface area contributed by atoms with E-state index in [1.165, 1.54) is 0 Å². The average Bonchev–Trinajstić information content (AvgIpc) is 2.90. The Morgan fingerprint density at radius 2 is 1.78 bits per heavy atom. The van der Waals surface area contributed by atoms with Gasteiger partial charge in [0.05, 0.1) is 16.6 Å². The first kappa shape index (κ1) is 15.6. The SMILES string of the molecule is Cc1ccc(S(=O)(=O)Nc2ccc3c(cnn3C(C)C)c2)cc1. The molecule has 120 valence electrons. The molecule has 0 saturated heterocycles. The fourth-order valence-electron chi connectivity index (χ4n) is 2.46. The first-order valence-corrected chi connectivity index (χ1v) is 8.92. The molecule has 3 rings (SSSR count). The first-order valence-electron chi connectivity index (χ1n) is 7.43. The summed E-state index contributed by atoms with van der Waals surface area (Å²) in [5.41, 5.74) is 2.53. The van der Waals surface area contributed by atoms with E-state index in [-0.39, 0.29) is 10.9 Å². The Kier molecular flexibility index (Phi) is 3.85. The summed E-state index contributed by atoms with van der Waals surface area (Å²) >= 11 is 0. The summed E-state index contributed by atoms with van der Waals surface area (Å²) in [5, 5.41) is 5.25. The molecule has 1 heterocycles. The number of aryl methyl sites for hydroxylation is 1. The maximum atomic E-state index is 12.4. The van der Waals surface area contributed by atoms with Crippen LogP contribution in [0.15, 0.2) is 53.6 Å². The predicted molar refractivity (Wildman–Crippen MR) is 92.1 cm³/mol. The van der Waals surface area contributed by atoms with E-state index in [0.717, 1.165) is 16.5 Å². The van der Waals surface area contributed by atoms with Crippen molar-refractivity contribution in [2.45, 2.75) is 31.7 Å². The fourth-order valence-corrected chi connectivity index (χ4v) is 3.51. The molecule has 6 heteroatoms. The van der Waals surface area contributed by atoms with E-state index in [9.17, 15) is 8.42 Å². The highest BCUT2D eigenvalue weighted by Crippen LogP contribution is 2.23. The van der Waals surface area contributed by atoms with Gasteiger partial charge in [0.25, 0.3) is 10.0 Å². The van der Waals surface area contributed by atoms with Gasteiger partial charge in [-0.05, 0) is 51.1 Å². The van der Waals surface area contributed by atoms with Crippen molar-refractivity contribution in [3.63, 3.8) is 0 Å². The summed E-state index contributed by atoms with van der Waals surface area (Å²) in [6.07, 6.45) is 1.75. The van der Waals surface area contributed by atoms with Crippen molar-refractivity contribution in [3.05, 3.63) is 54.2 Å². The number of benzene rings is 2. The number of nitrogens with one attached hydrogen (secondary N) is 1. The molecule has 0 saturated carbocycles. The third-order valence-electron chi connectivity index (χ3n) is 3.67. The second-order valence-corrected chi connectivity index (χ2v) is 7.56. The number of hydrogen-bond donors (Lipinski definition) is 1. The molecule has 0 aliphatic rings. The number of aromatic nitrogens is 2. The number of fused-ring (bicyclic) bond motifs is 1. The van der Waals surface area contributed by atoms with Crippen LogP contribution in [0.5, 0.6) is 0 Å². The molecule has 1 N–H and O–H groups in total. The molecular formula is C17H19N3O2S. The summed E-state index contributed by atoms with van der Waals surface area (Å²) in [4.78, 5) is 0.251. The molecule has 0 unspecified atom stereocenters. The van der Waals surface area contributed by atoms with Gasteiger partial charge in [0, 0.05) is 17.1 Å². The average molecular weight is 329 g/mol. The highest BCUT2D eigenvalue weighted by molar-refractivity contribution is 7.92. The lowest BCUT2D eigenvalue weighted by atomic mass is 10.2. The Hall–Kier alpha value is -2.34. The van der Waals surface area contributed by atoms with Gasteiger partial charge < -0.3 is 0 Å². The van der Waals surface area contributed by atoms with Crippen molar-refractivity contribution in [1.29, 1.82) is 0 Å². The summed E-state index contributed by atoms with van der Waals surface area (Å²) < 4.78 is 29.4. The van der Waals surface area contributed by atoms with Crippen molar-refractivity contribution in [3.8, 4) is 0 Å². The van der Waals surface area contributed by atoms with Gasteiger partial charge in [0.2, 0.25) is 0 Å². The molecule has 3 aromatic rings. The molecule has 0 amide bonds. The van der Waals surface area contributed by atoms with Gasteiger partial charge in [-0.15, -0.1) is 0 Å². The molecule has 0 atom stereocenters. The van der Waals surface area contributed by atoms with Crippen molar-refractivity contribution < 1.29 is 8.42 Å². The minimum atomic E-state index is -3.59. The summed E-state index contributed by atoms with van der Waals surface area (Å²) in [6.45, 7) is 6.03. The summed E-state index contributed by atoms with van der Waals surface area (Å²) in [6, 6.07) is 12.5. The van der Waals surface area contributed by atoms with Gasteiger partial charge >= 0.3 is 0 Å². The highest BCUT2D eigenvalue weighted by atomic mass is 32.2. The molecule has 0 aliphatic heterocycles. The van der Waals surface area contributed by atoms with Crippen LogP contribution in [0.2, 0.25) is 0 Å². The van der Waals surface area contributed by atoms with Gasteiger partial charge in [-0.25, -0.2) is 8.42 Å². The lowest BCUT2D eigenvalue weighted by Gasteiger charge is -2.10. The molecule has 0 fully saturated rings. The second kappa shape index (κ2) is 5.70. The van der Waals surface area contributed by atoms with E-state index in [1.807, 2.05) is 17.7 Å².